The molecule has 0 spiro atoms. The summed E-state index contributed by atoms with van der Waals surface area (Å²) in [6, 6.07) is 22.3. The number of hydrogen-bond donors (Lipinski definition) is 0. The lowest BCUT2D eigenvalue weighted by atomic mass is 9.65. The van der Waals surface area contributed by atoms with E-state index in [9.17, 15) is 14.9 Å². The van der Waals surface area contributed by atoms with Crippen LogP contribution >= 0.6 is 0 Å². The second-order valence-electron chi connectivity index (χ2n) is 10.5. The zero-order valence-electron chi connectivity index (χ0n) is 21.1. The fourth-order valence-corrected chi connectivity index (χ4v) is 6.95. The first-order chi connectivity index (χ1) is 18.5. The Bertz CT molecular complexity index is 1540. The van der Waals surface area contributed by atoms with Gasteiger partial charge >= 0.3 is 0 Å². The summed E-state index contributed by atoms with van der Waals surface area (Å²) in [4.78, 5) is 29.4. The van der Waals surface area contributed by atoms with Crippen LogP contribution in [0.1, 0.15) is 50.2 Å². The zero-order chi connectivity index (χ0) is 26.5. The molecule has 3 saturated heterocycles. The van der Waals surface area contributed by atoms with E-state index in [-0.39, 0.29) is 11.8 Å². The second-order valence-corrected chi connectivity index (χ2v) is 10.5. The van der Waals surface area contributed by atoms with E-state index < -0.39 is 23.0 Å². The van der Waals surface area contributed by atoms with Gasteiger partial charge in [0, 0.05) is 11.8 Å². The molecule has 3 aromatic rings. The van der Waals surface area contributed by atoms with Crippen molar-refractivity contribution in [3.05, 3.63) is 71.8 Å². The minimum Gasteiger partial charge on any atom is -0.493 e. The van der Waals surface area contributed by atoms with E-state index in [2.05, 4.69) is 19.1 Å². The SMILES string of the molecule is CCCC12CCC(CCOc3ccc(C#N)cc3)(O1)C1C(=O)N(c3ccc4ccccc4c3C#N)C(=O)C12. The van der Waals surface area contributed by atoms with Gasteiger partial charge < -0.3 is 9.47 Å². The Morgan fingerprint density at radius 1 is 0.921 bits per heavy atom. The van der Waals surface area contributed by atoms with Crippen LogP contribution in [0, 0.1) is 34.5 Å². The average Bonchev–Trinajstić information content (AvgIpc) is 3.54. The third-order valence-electron chi connectivity index (χ3n) is 8.53. The van der Waals surface area contributed by atoms with Crippen LogP contribution in [-0.4, -0.2) is 29.6 Å². The van der Waals surface area contributed by atoms with Crippen LogP contribution in [0.15, 0.2) is 60.7 Å². The summed E-state index contributed by atoms with van der Waals surface area (Å²) in [7, 11) is 0. The average molecular weight is 506 g/mol. The van der Waals surface area contributed by atoms with Crippen LogP contribution in [0.2, 0.25) is 0 Å². The summed E-state index contributed by atoms with van der Waals surface area (Å²) in [6.07, 6.45) is 3.40. The number of anilines is 1. The molecular weight excluding hydrogens is 478 g/mol. The summed E-state index contributed by atoms with van der Waals surface area (Å²) in [6.45, 7) is 2.38. The Balaban J connectivity index is 1.34. The van der Waals surface area contributed by atoms with Gasteiger partial charge in [0.15, 0.2) is 0 Å². The van der Waals surface area contributed by atoms with Gasteiger partial charge in [-0.1, -0.05) is 43.7 Å². The lowest BCUT2D eigenvalue weighted by molar-refractivity contribution is -0.132. The Morgan fingerprint density at radius 2 is 1.61 bits per heavy atom. The summed E-state index contributed by atoms with van der Waals surface area (Å²) >= 11 is 0. The van der Waals surface area contributed by atoms with Crippen molar-refractivity contribution in [2.24, 2.45) is 11.8 Å². The molecule has 4 unspecified atom stereocenters. The third kappa shape index (κ3) is 3.43. The van der Waals surface area contributed by atoms with Gasteiger partial charge in [-0.05, 0) is 55.0 Å². The molecule has 0 radical (unpaired) electrons. The minimum absolute atomic E-state index is 0.269. The predicted molar refractivity (Wildman–Crippen MR) is 140 cm³/mol. The number of imide groups is 1. The Kier molecular flexibility index (Phi) is 5.70. The maximum Gasteiger partial charge on any atom is 0.240 e. The number of ether oxygens (including phenoxy) is 2. The van der Waals surface area contributed by atoms with Crippen molar-refractivity contribution < 1.29 is 19.1 Å². The first-order valence-electron chi connectivity index (χ1n) is 13.1. The van der Waals surface area contributed by atoms with Crippen molar-refractivity contribution in [2.45, 2.75) is 50.2 Å². The normalized spacial score (nSPS) is 27.4. The van der Waals surface area contributed by atoms with Gasteiger partial charge in [-0.3, -0.25) is 9.59 Å². The maximum atomic E-state index is 14.1. The number of hydrogen-bond acceptors (Lipinski definition) is 6. The van der Waals surface area contributed by atoms with Gasteiger partial charge in [0.2, 0.25) is 11.8 Å². The first-order valence-corrected chi connectivity index (χ1v) is 13.1. The van der Waals surface area contributed by atoms with Crippen LogP contribution in [0.5, 0.6) is 5.75 Å². The standard InChI is InChI=1S/C31H27N3O4/c1-2-13-30-14-15-31(38-30,16-17-37-22-10-7-20(18-32)8-11-22)27-26(30)28(35)34(29(27)36)25-12-9-21-5-3-4-6-23(21)24(25)19-33/h3-12,26-27H,2,13-17H2,1H3. The van der Waals surface area contributed by atoms with Gasteiger partial charge in [-0.25, -0.2) is 4.90 Å². The number of rotatable bonds is 7. The lowest BCUT2D eigenvalue weighted by Gasteiger charge is -2.31. The molecule has 0 aromatic heterocycles. The number of benzene rings is 3. The van der Waals surface area contributed by atoms with Crippen LogP contribution in [0.4, 0.5) is 5.69 Å². The number of amides is 2. The Hall–Kier alpha value is -4.20. The van der Waals surface area contributed by atoms with Crippen LogP contribution in [0.3, 0.4) is 0 Å². The lowest BCUT2D eigenvalue weighted by Crippen LogP contribution is -2.43. The number of nitrogens with zero attached hydrogens (tertiary/aromatic N) is 3. The molecule has 3 aromatic carbocycles. The van der Waals surface area contributed by atoms with Crippen molar-refractivity contribution in [1.29, 1.82) is 10.5 Å². The summed E-state index contributed by atoms with van der Waals surface area (Å²) in [5.41, 5.74) is -0.235. The predicted octanol–water partition coefficient (Wildman–Crippen LogP) is 5.26. The number of carbonyl (C=O) groups excluding carboxylic acids is 2. The molecule has 38 heavy (non-hydrogen) atoms. The summed E-state index contributed by atoms with van der Waals surface area (Å²) in [5, 5.41) is 20.7. The van der Waals surface area contributed by atoms with E-state index in [0.29, 0.717) is 54.9 Å². The molecule has 190 valence electrons. The zero-order valence-corrected chi connectivity index (χ0v) is 21.1. The Morgan fingerprint density at radius 3 is 2.26 bits per heavy atom. The molecule has 3 aliphatic rings. The van der Waals surface area contributed by atoms with Crippen LogP contribution < -0.4 is 9.64 Å². The molecule has 3 heterocycles. The topological polar surface area (TPSA) is 103 Å². The largest absolute Gasteiger partial charge is 0.493 e. The monoisotopic (exact) mass is 505 g/mol. The highest BCUT2D eigenvalue weighted by atomic mass is 16.5. The van der Waals surface area contributed by atoms with Gasteiger partial charge in [-0.15, -0.1) is 0 Å². The van der Waals surface area contributed by atoms with Crippen molar-refractivity contribution in [1.82, 2.24) is 0 Å². The van der Waals surface area contributed by atoms with Gasteiger partial charge in [0.05, 0.1) is 52.5 Å². The molecular formula is C31H27N3O4. The molecule has 4 atom stereocenters. The van der Waals surface area contributed by atoms with E-state index in [4.69, 9.17) is 14.7 Å². The fraction of sp³-hybridized carbons (Fsp3) is 0.355. The number of fused-ring (bicyclic) bond motifs is 6. The molecule has 3 aliphatic heterocycles. The molecule has 0 aliphatic carbocycles. The Labute approximate surface area is 221 Å². The second kappa shape index (κ2) is 8.97. The summed E-state index contributed by atoms with van der Waals surface area (Å²) in [5.74, 6) is -1.11. The molecule has 6 rings (SSSR count). The molecule has 2 amide bonds. The summed E-state index contributed by atoms with van der Waals surface area (Å²) < 4.78 is 12.7. The van der Waals surface area contributed by atoms with Gasteiger partial charge in [0.25, 0.3) is 0 Å². The molecule has 3 fully saturated rings. The minimum atomic E-state index is -0.794. The smallest absolute Gasteiger partial charge is 0.240 e. The van der Waals surface area contributed by atoms with Crippen molar-refractivity contribution in [3.8, 4) is 17.9 Å². The van der Waals surface area contributed by atoms with Crippen molar-refractivity contribution in [3.63, 3.8) is 0 Å². The first kappa shape index (κ1) is 24.2. The number of nitriles is 2. The van der Waals surface area contributed by atoms with Crippen molar-refractivity contribution in [2.75, 3.05) is 11.5 Å². The van der Waals surface area contributed by atoms with Gasteiger partial charge in [0.1, 0.15) is 11.8 Å². The highest BCUT2D eigenvalue weighted by Crippen LogP contribution is 2.64. The van der Waals surface area contributed by atoms with Crippen LogP contribution in [-0.2, 0) is 14.3 Å². The molecule has 7 heteroatoms. The molecule has 2 bridgehead atoms. The maximum absolute atomic E-state index is 14.1. The molecule has 0 N–H and O–H groups in total. The number of carbonyl (C=O) groups is 2. The van der Waals surface area contributed by atoms with E-state index in [1.54, 1.807) is 30.3 Å². The van der Waals surface area contributed by atoms with E-state index in [1.165, 1.54) is 4.90 Å². The van der Waals surface area contributed by atoms with E-state index >= 15 is 0 Å². The van der Waals surface area contributed by atoms with E-state index in [0.717, 1.165) is 17.2 Å². The molecule has 0 saturated carbocycles. The fourth-order valence-electron chi connectivity index (χ4n) is 6.95. The van der Waals surface area contributed by atoms with E-state index in [1.807, 2.05) is 30.3 Å². The quantitative estimate of drug-likeness (QED) is 0.406. The molecule has 7 nitrogen and oxygen atoms in total. The van der Waals surface area contributed by atoms with Crippen molar-refractivity contribution >= 4 is 28.3 Å². The highest BCUT2D eigenvalue weighted by molar-refractivity contribution is 6.24. The third-order valence-corrected chi connectivity index (χ3v) is 8.53. The highest BCUT2D eigenvalue weighted by Gasteiger charge is 2.75. The van der Waals surface area contributed by atoms with Crippen LogP contribution in [0.25, 0.3) is 10.8 Å². The van der Waals surface area contributed by atoms with Gasteiger partial charge in [-0.2, -0.15) is 10.5 Å².